The minimum Gasteiger partial charge on any atom is -0.430 e. The Labute approximate surface area is 106 Å². The average molecular weight is 331 g/mol. The van der Waals surface area contributed by atoms with Crippen LogP contribution in [0.25, 0.3) is 0 Å². The van der Waals surface area contributed by atoms with Gasteiger partial charge in [-0.15, -0.1) is 0 Å². The predicted octanol–water partition coefficient (Wildman–Crippen LogP) is 4.10. The Morgan fingerprint density at radius 2 is 2.20 bits per heavy atom. The molecule has 0 fully saturated rings. The summed E-state index contributed by atoms with van der Waals surface area (Å²) in [5.74, 6) is 0.870. The van der Waals surface area contributed by atoms with Crippen molar-refractivity contribution in [3.05, 3.63) is 38.9 Å². The summed E-state index contributed by atoms with van der Waals surface area (Å²) < 4.78 is 6.79. The summed E-state index contributed by atoms with van der Waals surface area (Å²) >= 11 is 3.80. The second-order valence-electron chi connectivity index (χ2n) is 2.99. The molecule has 0 aliphatic heterocycles. The summed E-state index contributed by atoms with van der Waals surface area (Å²) in [7, 11) is 0. The molecule has 2 nitrogen and oxygen atoms in total. The van der Waals surface area contributed by atoms with Gasteiger partial charge in [0.05, 0.1) is 9.26 Å². The van der Waals surface area contributed by atoms with E-state index in [9.17, 15) is 0 Å². The molecule has 0 aliphatic carbocycles. The van der Waals surface area contributed by atoms with Crippen molar-refractivity contribution >= 4 is 33.9 Å². The third kappa shape index (κ3) is 2.69. The fourth-order valence-electron chi connectivity index (χ4n) is 1.12. The zero-order valence-electron chi connectivity index (χ0n) is 8.24. The summed E-state index contributed by atoms with van der Waals surface area (Å²) in [5.41, 5.74) is 1.08. The molecule has 0 atom stereocenters. The van der Waals surface area contributed by atoms with E-state index in [-0.39, 0.29) is 0 Å². The molecule has 1 aromatic carbocycles. The van der Waals surface area contributed by atoms with Crippen molar-refractivity contribution in [1.29, 1.82) is 0 Å². The quantitative estimate of drug-likeness (QED) is 0.790. The number of benzene rings is 1. The topological polar surface area (TPSA) is 22.1 Å². The number of hydrogen-bond donors (Lipinski definition) is 0. The van der Waals surface area contributed by atoms with Crippen molar-refractivity contribution in [3.63, 3.8) is 0 Å². The normalized spacial score (nSPS) is 10.3. The maximum atomic E-state index is 5.69. The third-order valence-electron chi connectivity index (χ3n) is 1.93. The molecule has 15 heavy (non-hydrogen) atoms. The standard InChI is InChI=1S/C11H10INOS/c1-2-8-7-15-11(13-8)14-10-6-4-3-5-9(10)12/h3-7H,2H2,1H3. The molecule has 0 aliphatic rings. The lowest BCUT2D eigenvalue weighted by atomic mass is 10.3. The van der Waals surface area contributed by atoms with Gasteiger partial charge in [0.2, 0.25) is 0 Å². The van der Waals surface area contributed by atoms with E-state index in [0.717, 1.165) is 26.6 Å². The summed E-state index contributed by atoms with van der Waals surface area (Å²) in [6.07, 6.45) is 0.950. The zero-order valence-corrected chi connectivity index (χ0v) is 11.2. The van der Waals surface area contributed by atoms with Crippen LogP contribution in [0.3, 0.4) is 0 Å². The van der Waals surface area contributed by atoms with Crippen molar-refractivity contribution < 1.29 is 4.74 Å². The Bertz CT molecular complexity index is 455. The molecule has 0 saturated heterocycles. The number of thiazole rings is 1. The highest BCUT2D eigenvalue weighted by Gasteiger charge is 2.05. The summed E-state index contributed by atoms with van der Waals surface area (Å²) in [6, 6.07) is 7.93. The largest absolute Gasteiger partial charge is 0.430 e. The van der Waals surface area contributed by atoms with Gasteiger partial charge in [0.1, 0.15) is 5.75 Å². The van der Waals surface area contributed by atoms with Gasteiger partial charge in [-0.25, -0.2) is 4.98 Å². The number of hydrogen-bond acceptors (Lipinski definition) is 3. The summed E-state index contributed by atoms with van der Waals surface area (Å²) in [4.78, 5) is 4.36. The van der Waals surface area contributed by atoms with Gasteiger partial charge in [0.25, 0.3) is 5.19 Å². The SMILES string of the molecule is CCc1csc(Oc2ccccc2I)n1. The van der Waals surface area contributed by atoms with Crippen molar-refractivity contribution in [3.8, 4) is 10.9 Å². The number of aromatic nitrogens is 1. The monoisotopic (exact) mass is 331 g/mol. The lowest BCUT2D eigenvalue weighted by Gasteiger charge is -2.02. The van der Waals surface area contributed by atoms with E-state index in [0.29, 0.717) is 0 Å². The van der Waals surface area contributed by atoms with Gasteiger partial charge >= 0.3 is 0 Å². The molecule has 4 heteroatoms. The molecule has 0 N–H and O–H groups in total. The van der Waals surface area contributed by atoms with Crippen molar-refractivity contribution in [2.75, 3.05) is 0 Å². The number of halogens is 1. The van der Waals surface area contributed by atoms with Crippen molar-refractivity contribution in [2.45, 2.75) is 13.3 Å². The first-order valence-electron chi connectivity index (χ1n) is 4.66. The number of aryl methyl sites for hydroxylation is 1. The Hall–Kier alpha value is -0.620. The molecule has 0 saturated carbocycles. The molecule has 1 heterocycles. The van der Waals surface area contributed by atoms with E-state index in [4.69, 9.17) is 4.74 Å². The highest BCUT2D eigenvalue weighted by Crippen LogP contribution is 2.28. The first-order valence-corrected chi connectivity index (χ1v) is 6.62. The van der Waals surface area contributed by atoms with Crippen LogP contribution in [0.15, 0.2) is 29.6 Å². The van der Waals surface area contributed by atoms with Crippen LogP contribution in [-0.4, -0.2) is 4.98 Å². The fraction of sp³-hybridized carbons (Fsp3) is 0.182. The Kier molecular flexibility index (Phi) is 3.58. The first kappa shape index (κ1) is 10.9. The minimum atomic E-state index is 0.718. The van der Waals surface area contributed by atoms with Gasteiger partial charge < -0.3 is 4.74 Å². The molecule has 0 amide bonds. The van der Waals surface area contributed by atoms with Crippen LogP contribution in [-0.2, 0) is 6.42 Å². The summed E-state index contributed by atoms with van der Waals surface area (Å²) in [6.45, 7) is 2.09. The van der Waals surface area contributed by atoms with Crippen LogP contribution >= 0.6 is 33.9 Å². The maximum Gasteiger partial charge on any atom is 0.278 e. The van der Waals surface area contributed by atoms with E-state index in [2.05, 4.69) is 34.5 Å². The van der Waals surface area contributed by atoms with Crippen LogP contribution in [0.4, 0.5) is 0 Å². The zero-order chi connectivity index (χ0) is 10.7. The van der Waals surface area contributed by atoms with Crippen molar-refractivity contribution in [2.24, 2.45) is 0 Å². The Balaban J connectivity index is 2.18. The molecule has 0 bridgehead atoms. The van der Waals surface area contributed by atoms with E-state index >= 15 is 0 Å². The highest BCUT2D eigenvalue weighted by atomic mass is 127. The second-order valence-corrected chi connectivity index (χ2v) is 4.97. The lowest BCUT2D eigenvalue weighted by Crippen LogP contribution is -1.86. The molecule has 2 rings (SSSR count). The van der Waals surface area contributed by atoms with Gasteiger partial charge in [-0.1, -0.05) is 30.4 Å². The van der Waals surface area contributed by atoms with Crippen LogP contribution in [0, 0.1) is 3.57 Å². The first-order chi connectivity index (χ1) is 7.29. The van der Waals surface area contributed by atoms with E-state index in [1.165, 1.54) is 0 Å². The number of para-hydroxylation sites is 1. The molecule has 1 aromatic heterocycles. The van der Waals surface area contributed by atoms with Gasteiger partial charge in [0.15, 0.2) is 0 Å². The second kappa shape index (κ2) is 4.94. The van der Waals surface area contributed by atoms with E-state index in [1.807, 2.05) is 29.6 Å². The number of ether oxygens (including phenoxy) is 1. The van der Waals surface area contributed by atoms with E-state index < -0.39 is 0 Å². The lowest BCUT2D eigenvalue weighted by molar-refractivity contribution is 0.474. The van der Waals surface area contributed by atoms with Crippen LogP contribution in [0.2, 0.25) is 0 Å². The van der Waals surface area contributed by atoms with Crippen LogP contribution < -0.4 is 4.74 Å². The van der Waals surface area contributed by atoms with Gasteiger partial charge in [-0.3, -0.25) is 0 Å². The van der Waals surface area contributed by atoms with E-state index in [1.54, 1.807) is 11.3 Å². The molecular weight excluding hydrogens is 321 g/mol. The molecule has 0 radical (unpaired) electrons. The molecule has 78 valence electrons. The molecular formula is C11H10INOS. The number of nitrogens with zero attached hydrogens (tertiary/aromatic N) is 1. The molecule has 0 unspecified atom stereocenters. The van der Waals surface area contributed by atoms with Gasteiger partial charge in [-0.2, -0.15) is 0 Å². The maximum absolute atomic E-state index is 5.69. The molecule has 2 aromatic rings. The van der Waals surface area contributed by atoms with Gasteiger partial charge in [0, 0.05) is 5.38 Å². The van der Waals surface area contributed by atoms with Gasteiger partial charge in [-0.05, 0) is 41.1 Å². The molecule has 0 spiro atoms. The predicted molar refractivity (Wildman–Crippen MR) is 70.7 cm³/mol. The van der Waals surface area contributed by atoms with Crippen LogP contribution in [0.1, 0.15) is 12.6 Å². The number of rotatable bonds is 3. The van der Waals surface area contributed by atoms with Crippen molar-refractivity contribution in [1.82, 2.24) is 4.98 Å². The third-order valence-corrected chi connectivity index (χ3v) is 3.58. The van der Waals surface area contributed by atoms with Crippen LogP contribution in [0.5, 0.6) is 10.9 Å². The Morgan fingerprint density at radius 1 is 1.40 bits per heavy atom. The Morgan fingerprint density at radius 3 is 2.87 bits per heavy atom. The fourth-order valence-corrected chi connectivity index (χ4v) is 2.38. The summed E-state index contributed by atoms with van der Waals surface area (Å²) in [5, 5.41) is 2.75. The highest BCUT2D eigenvalue weighted by molar-refractivity contribution is 14.1. The minimum absolute atomic E-state index is 0.718. The average Bonchev–Trinajstić information content (AvgIpc) is 2.69. The smallest absolute Gasteiger partial charge is 0.278 e.